The molecule has 7 nitrogen and oxygen atoms in total. The van der Waals surface area contributed by atoms with Gasteiger partial charge in [-0.2, -0.15) is 9.61 Å². The Morgan fingerprint density at radius 1 is 1.37 bits per heavy atom. The number of nitrogens with zero attached hydrogens (tertiary/aromatic N) is 5. The molecule has 1 aliphatic heterocycles. The van der Waals surface area contributed by atoms with Gasteiger partial charge in [-0.3, -0.25) is 4.98 Å². The lowest BCUT2D eigenvalue weighted by Crippen LogP contribution is -2.46. The third-order valence-corrected chi connectivity index (χ3v) is 5.53. The van der Waals surface area contributed by atoms with Gasteiger partial charge in [0.05, 0.1) is 22.3 Å². The van der Waals surface area contributed by atoms with Crippen LogP contribution in [0.4, 0.5) is 11.6 Å². The summed E-state index contributed by atoms with van der Waals surface area (Å²) in [5.74, 6) is 1.70. The van der Waals surface area contributed by atoms with Crippen molar-refractivity contribution in [2.24, 2.45) is 0 Å². The van der Waals surface area contributed by atoms with Crippen molar-refractivity contribution >= 4 is 33.2 Å². The zero-order chi connectivity index (χ0) is 19.0. The van der Waals surface area contributed by atoms with E-state index in [9.17, 15) is 5.11 Å². The van der Waals surface area contributed by atoms with Crippen molar-refractivity contribution < 1.29 is 5.11 Å². The Bertz CT molecular complexity index is 937. The molecule has 0 aliphatic carbocycles. The Kier molecular flexibility index (Phi) is 4.77. The molecule has 0 bridgehead atoms. The lowest BCUT2D eigenvalue weighted by molar-refractivity contribution is 0.0533. The molecule has 0 radical (unpaired) electrons. The first-order chi connectivity index (χ1) is 12.9. The predicted molar refractivity (Wildman–Crippen MR) is 109 cm³/mol. The number of aliphatic hydroxyl groups is 1. The van der Waals surface area contributed by atoms with Gasteiger partial charge in [0, 0.05) is 31.5 Å². The van der Waals surface area contributed by atoms with E-state index in [0.717, 1.165) is 46.7 Å². The maximum atomic E-state index is 10.6. The third kappa shape index (κ3) is 3.64. The van der Waals surface area contributed by atoms with E-state index in [1.807, 2.05) is 38.2 Å². The van der Waals surface area contributed by atoms with Gasteiger partial charge in [0.2, 0.25) is 0 Å². The fourth-order valence-electron chi connectivity index (χ4n) is 3.67. The summed E-state index contributed by atoms with van der Waals surface area (Å²) < 4.78 is 2.63. The van der Waals surface area contributed by atoms with Crippen LogP contribution in [0.25, 0.3) is 5.65 Å². The van der Waals surface area contributed by atoms with E-state index < -0.39 is 5.60 Å². The van der Waals surface area contributed by atoms with Crippen LogP contribution < -0.4 is 10.2 Å². The number of rotatable bonds is 5. The molecular formula is C19H23BrN6O. The highest BCUT2D eigenvalue weighted by Crippen LogP contribution is 2.33. The number of hydrogen-bond acceptors (Lipinski definition) is 6. The van der Waals surface area contributed by atoms with E-state index in [1.165, 1.54) is 0 Å². The Labute approximate surface area is 166 Å². The van der Waals surface area contributed by atoms with E-state index in [2.05, 4.69) is 36.2 Å². The first-order valence-electron chi connectivity index (χ1n) is 9.09. The zero-order valence-corrected chi connectivity index (χ0v) is 17.0. The van der Waals surface area contributed by atoms with Crippen LogP contribution in [-0.2, 0) is 6.54 Å². The summed E-state index contributed by atoms with van der Waals surface area (Å²) in [6.07, 6.45) is 7.35. The number of halogens is 1. The molecule has 0 aromatic carbocycles. The Morgan fingerprint density at radius 3 is 2.96 bits per heavy atom. The predicted octanol–water partition coefficient (Wildman–Crippen LogP) is 3.24. The summed E-state index contributed by atoms with van der Waals surface area (Å²) in [6, 6.07) is 6.00. The number of fused-ring (bicyclic) bond motifs is 1. The minimum atomic E-state index is -0.787. The van der Waals surface area contributed by atoms with Crippen molar-refractivity contribution in [3.8, 4) is 0 Å². The molecule has 27 heavy (non-hydrogen) atoms. The van der Waals surface area contributed by atoms with Crippen LogP contribution in [0.5, 0.6) is 0 Å². The number of aromatic nitrogens is 4. The maximum absolute atomic E-state index is 10.6. The molecule has 1 saturated heterocycles. The summed E-state index contributed by atoms with van der Waals surface area (Å²) >= 11 is 3.54. The first kappa shape index (κ1) is 18.2. The summed E-state index contributed by atoms with van der Waals surface area (Å²) in [5.41, 5.74) is 1.05. The summed E-state index contributed by atoms with van der Waals surface area (Å²) in [6.45, 7) is 5.25. The molecule has 4 rings (SSSR count). The second-order valence-electron chi connectivity index (χ2n) is 7.45. The lowest BCUT2D eigenvalue weighted by atomic mass is 9.97. The van der Waals surface area contributed by atoms with E-state index in [4.69, 9.17) is 4.98 Å². The van der Waals surface area contributed by atoms with Crippen molar-refractivity contribution in [1.29, 1.82) is 0 Å². The van der Waals surface area contributed by atoms with Crippen LogP contribution in [0.2, 0.25) is 0 Å². The van der Waals surface area contributed by atoms with E-state index in [-0.39, 0.29) is 6.04 Å². The van der Waals surface area contributed by atoms with Gasteiger partial charge in [-0.15, -0.1) is 0 Å². The molecule has 1 aliphatic rings. The number of nitrogens with one attached hydrogen (secondary N) is 1. The number of anilines is 2. The van der Waals surface area contributed by atoms with Crippen LogP contribution in [0.15, 0.2) is 41.3 Å². The van der Waals surface area contributed by atoms with Crippen molar-refractivity contribution in [2.75, 3.05) is 16.8 Å². The van der Waals surface area contributed by atoms with Gasteiger partial charge in [-0.1, -0.05) is 6.07 Å². The minimum absolute atomic E-state index is 0.0420. The molecule has 0 saturated carbocycles. The molecular weight excluding hydrogens is 408 g/mol. The van der Waals surface area contributed by atoms with Gasteiger partial charge >= 0.3 is 0 Å². The first-order valence-corrected chi connectivity index (χ1v) is 9.89. The van der Waals surface area contributed by atoms with Gasteiger partial charge < -0.3 is 15.3 Å². The Hall–Kier alpha value is -2.19. The van der Waals surface area contributed by atoms with Gasteiger partial charge in [-0.05, 0) is 54.2 Å². The molecule has 142 valence electrons. The van der Waals surface area contributed by atoms with Crippen LogP contribution >= 0.6 is 15.9 Å². The normalized spacial score (nSPS) is 17.6. The summed E-state index contributed by atoms with van der Waals surface area (Å²) in [7, 11) is 0. The van der Waals surface area contributed by atoms with Gasteiger partial charge in [0.1, 0.15) is 11.6 Å². The number of pyridine rings is 1. The van der Waals surface area contributed by atoms with Crippen molar-refractivity contribution in [3.05, 3.63) is 46.8 Å². The molecule has 0 spiro atoms. The molecule has 3 aromatic heterocycles. The molecule has 4 heterocycles. The zero-order valence-electron chi connectivity index (χ0n) is 15.4. The fraction of sp³-hybridized carbons (Fsp3) is 0.421. The molecule has 8 heteroatoms. The molecule has 3 aromatic rings. The average Bonchev–Trinajstić information content (AvgIpc) is 3.28. The van der Waals surface area contributed by atoms with E-state index >= 15 is 0 Å². The van der Waals surface area contributed by atoms with Crippen LogP contribution in [0.3, 0.4) is 0 Å². The second kappa shape index (κ2) is 7.09. The van der Waals surface area contributed by atoms with Crippen LogP contribution in [0.1, 0.15) is 32.3 Å². The SMILES string of the molecule is CC(C)(O)C1CCCN1c1cc(NCc2cccnc2)n2ncc(Br)c2n1. The Balaban J connectivity index is 1.71. The van der Waals surface area contributed by atoms with Crippen molar-refractivity contribution in [3.63, 3.8) is 0 Å². The van der Waals surface area contributed by atoms with Crippen LogP contribution in [0, 0.1) is 0 Å². The average molecular weight is 431 g/mol. The third-order valence-electron chi connectivity index (χ3n) is 4.97. The quantitative estimate of drug-likeness (QED) is 0.646. The summed E-state index contributed by atoms with van der Waals surface area (Å²) in [5, 5.41) is 18.5. The van der Waals surface area contributed by atoms with Gasteiger partial charge in [0.15, 0.2) is 5.65 Å². The molecule has 1 fully saturated rings. The highest BCUT2D eigenvalue weighted by Gasteiger charge is 2.37. The van der Waals surface area contributed by atoms with E-state index in [0.29, 0.717) is 6.54 Å². The molecule has 0 amide bonds. The topological polar surface area (TPSA) is 78.6 Å². The Morgan fingerprint density at radius 2 is 2.22 bits per heavy atom. The fourth-order valence-corrected chi connectivity index (χ4v) is 4.02. The van der Waals surface area contributed by atoms with E-state index in [1.54, 1.807) is 16.9 Å². The largest absolute Gasteiger partial charge is 0.388 e. The lowest BCUT2D eigenvalue weighted by Gasteiger charge is -2.34. The minimum Gasteiger partial charge on any atom is -0.388 e. The van der Waals surface area contributed by atoms with Crippen molar-refractivity contribution in [2.45, 2.75) is 44.9 Å². The monoisotopic (exact) mass is 430 g/mol. The van der Waals surface area contributed by atoms with Gasteiger partial charge in [0.25, 0.3) is 0 Å². The van der Waals surface area contributed by atoms with Gasteiger partial charge in [-0.25, -0.2) is 4.98 Å². The smallest absolute Gasteiger partial charge is 0.173 e. The second-order valence-corrected chi connectivity index (χ2v) is 8.30. The summed E-state index contributed by atoms with van der Waals surface area (Å²) in [4.78, 5) is 11.2. The molecule has 2 N–H and O–H groups in total. The molecule has 1 atom stereocenters. The maximum Gasteiger partial charge on any atom is 0.173 e. The highest BCUT2D eigenvalue weighted by molar-refractivity contribution is 9.10. The van der Waals surface area contributed by atoms with Crippen LogP contribution in [-0.4, -0.2) is 42.9 Å². The standard InChI is InChI=1S/C19H23BrN6O/c1-19(2,27)15-6-4-8-25(15)17-9-16(22-11-13-5-3-7-21-10-13)26-18(24-17)14(20)12-23-26/h3,5,7,9-10,12,15,22,27H,4,6,8,11H2,1-2H3. The number of hydrogen-bond donors (Lipinski definition) is 2. The highest BCUT2D eigenvalue weighted by atomic mass is 79.9. The molecule has 1 unspecified atom stereocenters. The van der Waals surface area contributed by atoms with Crippen molar-refractivity contribution in [1.82, 2.24) is 19.6 Å².